The number of hydrogen-bond donors (Lipinski definition) is 2. The maximum Gasteiger partial charge on any atom is 0.194 e. The lowest BCUT2D eigenvalue weighted by molar-refractivity contribution is 0.0787. The third kappa shape index (κ3) is 14.9. The van der Waals surface area contributed by atoms with Crippen LogP contribution in [0.15, 0.2) is 292 Å². The summed E-state index contributed by atoms with van der Waals surface area (Å²) in [5.74, 6) is -0.218. The number of nitrogens with one attached hydrogen (secondary N) is 1. The predicted octanol–water partition coefficient (Wildman–Crippen LogP) is 23.5. The lowest BCUT2D eigenvalue weighted by Gasteiger charge is -2.18. The van der Waals surface area contributed by atoms with Gasteiger partial charge in [-0.15, -0.1) is 0 Å². The number of imidazole rings is 4. The molecule has 0 aliphatic carbocycles. The number of rotatable bonds is 10. The van der Waals surface area contributed by atoms with E-state index in [0.29, 0.717) is 22.5 Å². The van der Waals surface area contributed by atoms with Gasteiger partial charge in [0.1, 0.15) is 31.1 Å². The molecule has 106 heavy (non-hydrogen) atoms. The standard InChI is InChI=1S/C24H21N3.C23H17ClN4.C23H19N3O.C21H17FN2/c1-24(2,3)18-12-13-23-22(15-18)26-16-27(23)19-9-7-8-17(14-19)20-10-5-6-11-21(20)25-4;1-15-5-7-18(24)13-20(15)16-3-2-4-19(11-16)28-14-25-22-12-17(6-8-23(22)28)21-9-10-26-27-21;1-23(2,27)17-11-12-22-21(14-17)25-15-26(22)18-8-6-7-16(13-18)19-9-4-5-10-20(19)24-3;1-14-6-9-21-20(10-14)23-13-24(21)18-5-3-4-16(11-18)19-12-17(22)8-7-15(19)2/h5-16H,1-3H3;2-14H,1H3,(H,26,27);4-15,27H,1-2H3;3-13H,1-2H3/i1D3;;1D3;. The average molecular weight is 1410 g/mol. The van der Waals surface area contributed by atoms with Crippen LogP contribution in [0.1, 0.15) is 70.5 Å². The Labute approximate surface area is 628 Å². The number of aromatic amines is 1. The molecule has 2 N–H and O–H groups in total. The Morgan fingerprint density at radius 2 is 0.858 bits per heavy atom. The maximum absolute atomic E-state index is 13.6. The van der Waals surface area contributed by atoms with Crippen LogP contribution in [0, 0.1) is 39.7 Å². The molecule has 0 aliphatic heterocycles. The van der Waals surface area contributed by atoms with Gasteiger partial charge in [-0.1, -0.05) is 166 Å². The second kappa shape index (κ2) is 29.7. The first kappa shape index (κ1) is 62.7. The van der Waals surface area contributed by atoms with E-state index in [1.54, 1.807) is 63.0 Å². The molecule has 17 aromatic rings. The van der Waals surface area contributed by atoms with Crippen molar-refractivity contribution in [2.45, 2.75) is 66.3 Å². The van der Waals surface area contributed by atoms with E-state index in [0.717, 1.165) is 133 Å². The highest BCUT2D eigenvalue weighted by Crippen LogP contribution is 2.37. The zero-order chi connectivity index (χ0) is 78.8. The van der Waals surface area contributed by atoms with Crippen LogP contribution in [0.4, 0.5) is 15.8 Å². The van der Waals surface area contributed by atoms with Gasteiger partial charge in [0.05, 0.1) is 68.6 Å². The number of fused-ring (bicyclic) bond motifs is 4. The van der Waals surface area contributed by atoms with Crippen LogP contribution in [0.25, 0.3) is 132 Å². The van der Waals surface area contributed by atoms with E-state index in [-0.39, 0.29) is 5.82 Å². The van der Waals surface area contributed by atoms with Gasteiger partial charge in [0.25, 0.3) is 0 Å². The van der Waals surface area contributed by atoms with Crippen LogP contribution in [-0.4, -0.2) is 53.5 Å². The summed E-state index contributed by atoms with van der Waals surface area (Å²) < 4.78 is 68.0. The monoisotopic (exact) mass is 1410 g/mol. The van der Waals surface area contributed by atoms with E-state index < -0.39 is 24.7 Å². The van der Waals surface area contributed by atoms with Crippen LogP contribution >= 0.6 is 11.6 Å². The molecule has 5 heterocycles. The molecular formula is C91H74ClFN12O. The highest BCUT2D eigenvalue weighted by atomic mass is 35.5. The minimum absolute atomic E-state index is 0.218. The number of benzene rings is 12. The van der Waals surface area contributed by atoms with E-state index >= 15 is 0 Å². The first-order valence-electron chi connectivity index (χ1n) is 37.2. The van der Waals surface area contributed by atoms with Gasteiger partial charge in [-0.3, -0.25) is 23.4 Å². The van der Waals surface area contributed by atoms with Gasteiger partial charge in [0, 0.05) is 47.8 Å². The minimum atomic E-state index is -2.55. The van der Waals surface area contributed by atoms with Crippen molar-refractivity contribution >= 4 is 67.1 Å². The third-order valence-corrected chi connectivity index (χ3v) is 18.9. The molecule has 1 atom stereocenters. The molecule has 1 unspecified atom stereocenters. The summed E-state index contributed by atoms with van der Waals surface area (Å²) in [5, 5.41) is 18.3. The first-order valence-corrected chi connectivity index (χ1v) is 34.6. The van der Waals surface area contributed by atoms with Gasteiger partial charge < -0.3 is 5.11 Å². The Hall–Kier alpha value is -13.1. The summed E-state index contributed by atoms with van der Waals surface area (Å²) >= 11 is 6.22. The average Bonchev–Trinajstić information content (AvgIpc) is 1.58. The Kier molecular flexibility index (Phi) is 17.5. The highest BCUT2D eigenvalue weighted by molar-refractivity contribution is 6.31. The normalized spacial score (nSPS) is 12.9. The third-order valence-electron chi connectivity index (χ3n) is 18.6. The molecule has 0 saturated carbocycles. The zero-order valence-corrected chi connectivity index (χ0v) is 59.6. The van der Waals surface area contributed by atoms with Crippen molar-refractivity contribution in [3.63, 3.8) is 0 Å². The predicted molar refractivity (Wildman–Crippen MR) is 429 cm³/mol. The van der Waals surface area contributed by atoms with Crippen LogP contribution in [-0.2, 0) is 11.0 Å². The molecular weight excluding hydrogens is 1330 g/mol. The largest absolute Gasteiger partial charge is 0.386 e. The summed E-state index contributed by atoms with van der Waals surface area (Å²) in [5.41, 5.74) is 23.5. The molecule has 12 aromatic carbocycles. The van der Waals surface area contributed by atoms with Crippen LogP contribution in [0.2, 0.25) is 5.02 Å². The number of aromatic nitrogens is 10. The fourth-order valence-electron chi connectivity index (χ4n) is 13.0. The summed E-state index contributed by atoms with van der Waals surface area (Å²) in [4.78, 5) is 25.3. The maximum atomic E-state index is 13.6. The summed E-state index contributed by atoms with van der Waals surface area (Å²) in [6.07, 6.45) is 8.86. The van der Waals surface area contributed by atoms with E-state index in [9.17, 15) is 9.50 Å². The van der Waals surface area contributed by atoms with Crippen molar-refractivity contribution in [3.05, 3.63) is 354 Å². The Morgan fingerprint density at radius 1 is 0.425 bits per heavy atom. The molecule has 0 fully saturated rings. The first-order chi connectivity index (χ1) is 53.7. The van der Waals surface area contributed by atoms with Crippen LogP contribution < -0.4 is 0 Å². The summed E-state index contributed by atoms with van der Waals surface area (Å²) in [7, 11) is 0. The second-order valence-electron chi connectivity index (χ2n) is 26.6. The fourth-order valence-corrected chi connectivity index (χ4v) is 13.2. The summed E-state index contributed by atoms with van der Waals surface area (Å²) in [6, 6.07) is 83.3. The molecule has 0 saturated heterocycles. The highest BCUT2D eigenvalue weighted by Gasteiger charge is 2.20. The van der Waals surface area contributed by atoms with Crippen molar-refractivity contribution in [2.75, 3.05) is 0 Å². The number of hydrogen-bond acceptors (Lipinski definition) is 6. The molecule has 0 radical (unpaired) electrons. The molecule has 0 aliphatic rings. The number of halogens is 2. The van der Waals surface area contributed by atoms with Crippen molar-refractivity contribution in [2.24, 2.45) is 0 Å². The molecule has 0 amide bonds. The number of nitrogens with zero attached hydrogens (tertiary/aromatic N) is 11. The molecule has 13 nitrogen and oxygen atoms in total. The van der Waals surface area contributed by atoms with Gasteiger partial charge >= 0.3 is 0 Å². The molecule has 17 rings (SSSR count). The van der Waals surface area contributed by atoms with E-state index in [1.165, 1.54) is 24.1 Å². The molecule has 15 heteroatoms. The number of aliphatic hydroxyl groups is 1. The van der Waals surface area contributed by atoms with E-state index in [4.69, 9.17) is 33.0 Å². The molecule has 518 valence electrons. The Balaban J connectivity index is 0.000000124. The number of aryl methyl sites for hydroxylation is 3. The quantitative estimate of drug-likeness (QED) is 0.131. The molecule has 5 aromatic heterocycles. The number of para-hydroxylation sites is 2. The molecule has 0 spiro atoms. The topological polar surface area (TPSA) is 129 Å². The van der Waals surface area contributed by atoms with Gasteiger partial charge in [-0.2, -0.15) is 5.10 Å². The van der Waals surface area contributed by atoms with Crippen molar-refractivity contribution in [1.82, 2.24) is 48.4 Å². The van der Waals surface area contributed by atoms with Crippen molar-refractivity contribution in [3.8, 4) is 78.5 Å². The van der Waals surface area contributed by atoms with E-state index in [2.05, 4.69) is 130 Å². The minimum Gasteiger partial charge on any atom is -0.386 e. The van der Waals surface area contributed by atoms with Gasteiger partial charge in [0.15, 0.2) is 11.4 Å². The van der Waals surface area contributed by atoms with Gasteiger partial charge in [-0.05, 0) is 240 Å². The fraction of sp³-hybridized carbons (Fsp3) is 0.110. The second-order valence-corrected chi connectivity index (χ2v) is 27.0. The number of H-pyrrole nitrogens is 1. The molecule has 0 bridgehead atoms. The smallest absolute Gasteiger partial charge is 0.194 e. The SMILES string of the molecule is Cc1ccc(Cl)cc1-c1cccc(-n2cnc3cc(-c4ccn[nH]4)ccc32)c1.Cc1ccc2c(c1)ncn2-c1cccc(-c2cc(F)ccc2C)c1.[2H]C([2H])([2H])C(C)(C)c1ccc2c(c1)ncn2-c1cccc(-c2ccccc2[N+]#[C-])c1.[2H]C([2H])([2H])C(C)(O)c1ccc2c(c1)ncn2-c1cccc(-c2ccccc2[N+]#[C-])c1. The Morgan fingerprint density at radius 3 is 1.34 bits per heavy atom. The van der Waals surface area contributed by atoms with Gasteiger partial charge in [-0.25, -0.2) is 34.0 Å². The van der Waals surface area contributed by atoms with E-state index in [1.807, 2.05) is 186 Å². The lowest BCUT2D eigenvalue weighted by Crippen LogP contribution is -2.15. The van der Waals surface area contributed by atoms with Crippen molar-refractivity contribution in [1.29, 1.82) is 0 Å². The van der Waals surface area contributed by atoms with Crippen molar-refractivity contribution < 1.29 is 17.7 Å². The zero-order valence-electron chi connectivity index (χ0n) is 64.8. The van der Waals surface area contributed by atoms with Crippen LogP contribution in [0.3, 0.4) is 0 Å². The Bertz CT molecular complexity index is 6250. The lowest BCUT2D eigenvalue weighted by atomic mass is 9.87. The summed E-state index contributed by atoms with van der Waals surface area (Å²) in [6.45, 7) is 21.1. The van der Waals surface area contributed by atoms with Crippen LogP contribution in [0.5, 0.6) is 0 Å². The van der Waals surface area contributed by atoms with Gasteiger partial charge in [0.2, 0.25) is 0 Å².